The Hall–Kier alpha value is -2.56. The van der Waals surface area contributed by atoms with Gasteiger partial charge in [-0.15, -0.1) is 0 Å². The zero-order valence-electron chi connectivity index (χ0n) is 10.00. The van der Waals surface area contributed by atoms with Gasteiger partial charge in [0.1, 0.15) is 0 Å². The molecule has 0 aliphatic rings. The van der Waals surface area contributed by atoms with E-state index in [0.717, 1.165) is 16.5 Å². The van der Waals surface area contributed by atoms with Gasteiger partial charge < -0.3 is 16.0 Å². The number of carbonyl (C=O) groups is 1. The molecule has 1 aromatic carbocycles. The van der Waals surface area contributed by atoms with Gasteiger partial charge in [-0.05, 0) is 12.1 Å². The Balaban J connectivity index is 2.36. The molecule has 0 bridgehead atoms. The van der Waals surface area contributed by atoms with Crippen LogP contribution in [0.1, 0.15) is 5.56 Å². The molecule has 0 unspecified atom stereocenters. The molecule has 1 heterocycles. The molecule has 2 aromatic rings. The summed E-state index contributed by atoms with van der Waals surface area (Å²) in [5.74, 6) is -0.703. The van der Waals surface area contributed by atoms with E-state index in [0.29, 0.717) is 0 Å². The second-order valence-electron chi connectivity index (χ2n) is 3.92. The molecule has 92 valence electrons. The molecular formula is C13H14N4O. The third-order valence-corrected chi connectivity index (χ3v) is 2.57. The summed E-state index contributed by atoms with van der Waals surface area (Å²) in [5, 5.41) is 1.08. The minimum absolute atomic E-state index is 0.234. The van der Waals surface area contributed by atoms with Crippen LogP contribution in [0, 0.1) is 0 Å². The van der Waals surface area contributed by atoms with Crippen LogP contribution in [-0.2, 0) is 11.8 Å². The molecule has 5 heteroatoms. The highest BCUT2D eigenvalue weighted by atomic mass is 16.1. The average Bonchev–Trinajstić information content (AvgIpc) is 2.64. The van der Waals surface area contributed by atoms with E-state index in [4.69, 9.17) is 11.5 Å². The largest absolute Gasteiger partial charge is 0.370 e. The highest BCUT2D eigenvalue weighted by Gasteiger charge is 2.03. The van der Waals surface area contributed by atoms with Crippen molar-refractivity contribution in [1.82, 2.24) is 4.57 Å². The molecule has 1 aromatic heterocycles. The zero-order chi connectivity index (χ0) is 13.1. The van der Waals surface area contributed by atoms with E-state index in [9.17, 15) is 4.79 Å². The van der Waals surface area contributed by atoms with Gasteiger partial charge in [-0.1, -0.05) is 18.2 Å². The van der Waals surface area contributed by atoms with Crippen molar-refractivity contribution in [2.24, 2.45) is 23.5 Å². The summed E-state index contributed by atoms with van der Waals surface area (Å²) in [6, 6.07) is 7.95. The topological polar surface area (TPSA) is 86.4 Å². The number of aryl methyl sites for hydroxylation is 1. The number of hydrogen-bond acceptors (Lipinski definition) is 1. The Labute approximate surface area is 104 Å². The van der Waals surface area contributed by atoms with Crippen LogP contribution >= 0.6 is 0 Å². The number of fused-ring (bicyclic) bond motifs is 1. The summed E-state index contributed by atoms with van der Waals surface area (Å²) in [6.45, 7) is 0. The predicted molar refractivity (Wildman–Crippen MR) is 72.8 cm³/mol. The zero-order valence-corrected chi connectivity index (χ0v) is 10.00. The van der Waals surface area contributed by atoms with Gasteiger partial charge in [0, 0.05) is 35.8 Å². The van der Waals surface area contributed by atoms with Crippen molar-refractivity contribution >= 4 is 28.8 Å². The molecule has 0 saturated heterocycles. The molecule has 5 nitrogen and oxygen atoms in total. The summed E-state index contributed by atoms with van der Waals surface area (Å²) in [5.41, 5.74) is 12.3. The van der Waals surface area contributed by atoms with Crippen LogP contribution in [0.4, 0.5) is 0 Å². The maximum Gasteiger partial charge on any atom is 0.272 e. The molecule has 0 atom stereocenters. The summed E-state index contributed by atoms with van der Waals surface area (Å²) < 4.78 is 2.00. The maximum atomic E-state index is 11.3. The van der Waals surface area contributed by atoms with Gasteiger partial charge in [-0.3, -0.25) is 4.79 Å². The third kappa shape index (κ3) is 2.40. The molecule has 0 radical (unpaired) electrons. The Morgan fingerprint density at radius 2 is 2.06 bits per heavy atom. The normalized spacial score (nSPS) is 10.9. The number of rotatable bonds is 2. The number of benzene rings is 1. The van der Waals surface area contributed by atoms with E-state index in [1.165, 1.54) is 6.08 Å². The lowest BCUT2D eigenvalue weighted by Gasteiger charge is -1.93. The number of hydrogen-bond donors (Lipinski definition) is 2. The lowest BCUT2D eigenvalue weighted by molar-refractivity contribution is -0.113. The first-order chi connectivity index (χ1) is 8.58. The second kappa shape index (κ2) is 4.75. The second-order valence-corrected chi connectivity index (χ2v) is 3.92. The third-order valence-electron chi connectivity index (χ3n) is 2.57. The lowest BCUT2D eigenvalue weighted by atomic mass is 10.1. The van der Waals surface area contributed by atoms with Crippen molar-refractivity contribution in [2.75, 3.05) is 0 Å². The summed E-state index contributed by atoms with van der Waals surface area (Å²) in [7, 11) is 1.96. The first kappa shape index (κ1) is 11.9. The lowest BCUT2D eigenvalue weighted by Crippen LogP contribution is -2.23. The Kier molecular flexibility index (Phi) is 3.14. The number of nitrogens with two attached hydrogens (primary N) is 2. The highest BCUT2D eigenvalue weighted by molar-refractivity contribution is 6.01. The van der Waals surface area contributed by atoms with Gasteiger partial charge in [0.2, 0.25) is 0 Å². The number of guanidine groups is 1. The van der Waals surface area contributed by atoms with Gasteiger partial charge in [-0.2, -0.15) is 4.99 Å². The van der Waals surface area contributed by atoms with E-state index >= 15 is 0 Å². The molecule has 0 aliphatic heterocycles. The summed E-state index contributed by atoms with van der Waals surface area (Å²) >= 11 is 0. The molecule has 0 spiro atoms. The van der Waals surface area contributed by atoms with Crippen LogP contribution < -0.4 is 11.5 Å². The smallest absolute Gasteiger partial charge is 0.272 e. The number of carbonyl (C=O) groups excluding carboxylic acids is 1. The predicted octanol–water partition coefficient (Wildman–Crippen LogP) is 0.992. The average molecular weight is 242 g/mol. The number of nitrogens with zero attached hydrogens (tertiary/aromatic N) is 2. The fourth-order valence-electron chi connectivity index (χ4n) is 1.83. The van der Waals surface area contributed by atoms with Crippen molar-refractivity contribution < 1.29 is 4.79 Å². The van der Waals surface area contributed by atoms with Gasteiger partial charge in [0.25, 0.3) is 5.91 Å². The van der Waals surface area contributed by atoms with Crippen molar-refractivity contribution in [1.29, 1.82) is 0 Å². The van der Waals surface area contributed by atoms with E-state index in [-0.39, 0.29) is 5.96 Å². The van der Waals surface area contributed by atoms with Crippen LogP contribution in [0.25, 0.3) is 17.0 Å². The molecule has 0 aliphatic carbocycles. The van der Waals surface area contributed by atoms with Gasteiger partial charge in [-0.25, -0.2) is 0 Å². The standard InChI is InChI=1S/C13H14N4O/c1-17-8-9(6-7-12(18)16-13(14)15)10-4-2-3-5-11(10)17/h2-8H,1H3,(H4,14,15,16,18)/b7-6+. The number of para-hydroxylation sites is 1. The molecule has 18 heavy (non-hydrogen) atoms. The van der Waals surface area contributed by atoms with E-state index in [1.807, 2.05) is 42.1 Å². The SMILES string of the molecule is Cn1cc(/C=C/C(=O)N=C(N)N)c2ccccc21. The van der Waals surface area contributed by atoms with Crippen molar-refractivity contribution in [3.63, 3.8) is 0 Å². The Bertz CT molecular complexity index is 648. The molecule has 0 saturated carbocycles. The fourth-order valence-corrected chi connectivity index (χ4v) is 1.83. The van der Waals surface area contributed by atoms with Crippen LogP contribution in [0.3, 0.4) is 0 Å². The number of amides is 1. The van der Waals surface area contributed by atoms with Gasteiger partial charge in [0.05, 0.1) is 0 Å². The van der Waals surface area contributed by atoms with Crippen molar-refractivity contribution in [3.05, 3.63) is 42.1 Å². The summed E-state index contributed by atoms with van der Waals surface area (Å²) in [6.07, 6.45) is 5.00. The maximum absolute atomic E-state index is 11.3. The fraction of sp³-hybridized carbons (Fsp3) is 0.0769. The molecule has 1 amide bonds. The monoisotopic (exact) mass is 242 g/mol. The molecule has 0 fully saturated rings. The van der Waals surface area contributed by atoms with Crippen LogP contribution in [0.15, 0.2) is 41.5 Å². The van der Waals surface area contributed by atoms with Crippen molar-refractivity contribution in [3.8, 4) is 0 Å². The van der Waals surface area contributed by atoms with Crippen LogP contribution in [0.5, 0.6) is 0 Å². The molecule has 2 rings (SSSR count). The van der Waals surface area contributed by atoms with E-state index in [2.05, 4.69) is 4.99 Å². The van der Waals surface area contributed by atoms with E-state index in [1.54, 1.807) is 6.08 Å². The van der Waals surface area contributed by atoms with E-state index < -0.39 is 5.91 Å². The van der Waals surface area contributed by atoms with Crippen LogP contribution in [-0.4, -0.2) is 16.4 Å². The number of aliphatic imine (C=N–C) groups is 1. The first-order valence-electron chi connectivity index (χ1n) is 5.43. The minimum Gasteiger partial charge on any atom is -0.370 e. The minimum atomic E-state index is -0.470. The Morgan fingerprint density at radius 3 is 2.78 bits per heavy atom. The highest BCUT2D eigenvalue weighted by Crippen LogP contribution is 2.21. The first-order valence-corrected chi connectivity index (χ1v) is 5.43. The number of aromatic nitrogens is 1. The van der Waals surface area contributed by atoms with Gasteiger partial charge >= 0.3 is 0 Å². The van der Waals surface area contributed by atoms with Crippen LogP contribution in [0.2, 0.25) is 0 Å². The molecule has 4 N–H and O–H groups in total. The van der Waals surface area contributed by atoms with Crippen molar-refractivity contribution in [2.45, 2.75) is 0 Å². The quantitative estimate of drug-likeness (QED) is 0.468. The molecular weight excluding hydrogens is 228 g/mol. The van der Waals surface area contributed by atoms with Gasteiger partial charge in [0.15, 0.2) is 5.96 Å². The Morgan fingerprint density at radius 1 is 1.33 bits per heavy atom. The summed E-state index contributed by atoms with van der Waals surface area (Å²) in [4.78, 5) is 14.7.